The minimum absolute atomic E-state index is 0.225. The minimum atomic E-state index is -0.275. The highest BCUT2D eigenvalue weighted by molar-refractivity contribution is 5.66. The molecule has 1 radical (unpaired) electrons. The molecule has 0 N–H and O–H groups in total. The second-order valence-electron chi connectivity index (χ2n) is 1.42. The summed E-state index contributed by atoms with van der Waals surface area (Å²) < 4.78 is 4.50. The largest absolute Gasteiger partial charge is 0.463 e. The van der Waals surface area contributed by atoms with Crippen molar-refractivity contribution in [2.45, 2.75) is 20.0 Å². The molecule has 0 aliphatic rings. The molecule has 2 nitrogen and oxygen atoms in total. The maximum absolute atomic E-state index is 9.99. The molecule has 0 aromatic rings. The van der Waals surface area contributed by atoms with Crippen LogP contribution in [-0.2, 0) is 9.53 Å². The molecule has 0 amide bonds. The van der Waals surface area contributed by atoms with Gasteiger partial charge in [0.05, 0.1) is 6.10 Å². The van der Waals surface area contributed by atoms with E-state index in [4.69, 9.17) is 0 Å². The number of carbonyl (C=O) groups excluding carboxylic acids is 1. The maximum atomic E-state index is 9.99. The maximum Gasteiger partial charge on any atom is 0.302 e. The molecule has 41 valence electrons. The van der Waals surface area contributed by atoms with Gasteiger partial charge in [0.2, 0.25) is 0 Å². The topological polar surface area (TPSA) is 26.3 Å². The highest BCUT2D eigenvalue weighted by Crippen LogP contribution is 1.84. The van der Waals surface area contributed by atoms with Crippen molar-refractivity contribution in [3.05, 3.63) is 6.92 Å². The second-order valence-corrected chi connectivity index (χ2v) is 1.42. The number of hydrogen-bond acceptors (Lipinski definition) is 2. The molecule has 0 saturated carbocycles. The summed E-state index contributed by atoms with van der Waals surface area (Å²) in [7, 11) is 0. The van der Waals surface area contributed by atoms with Gasteiger partial charge in [-0.05, 0) is 13.8 Å². The Morgan fingerprint density at radius 2 is 2.29 bits per heavy atom. The van der Waals surface area contributed by atoms with E-state index in [1.165, 1.54) is 6.92 Å². The van der Waals surface area contributed by atoms with Crippen LogP contribution in [-0.4, -0.2) is 12.1 Å². The molecule has 2 heteroatoms. The Kier molecular flexibility index (Phi) is 2.41. The van der Waals surface area contributed by atoms with Gasteiger partial charge in [-0.2, -0.15) is 0 Å². The van der Waals surface area contributed by atoms with E-state index in [2.05, 4.69) is 11.7 Å². The first-order valence-corrected chi connectivity index (χ1v) is 2.13. The first kappa shape index (κ1) is 6.47. The molecule has 0 aromatic heterocycles. The molecule has 0 aromatic carbocycles. The minimum Gasteiger partial charge on any atom is -0.463 e. The van der Waals surface area contributed by atoms with E-state index in [-0.39, 0.29) is 12.1 Å². The molecular weight excluding hydrogens is 92.1 g/mol. The number of ether oxygens (including phenoxy) is 1. The summed E-state index contributed by atoms with van der Waals surface area (Å²) in [6.07, 6.45) is -0.225. The standard InChI is InChI=1S/C5H9O2/c1-4(2)7-5(3)6/h4H,1H2,2-3H3/t4-/m0/s1. The van der Waals surface area contributed by atoms with Crippen LogP contribution in [0.25, 0.3) is 0 Å². The van der Waals surface area contributed by atoms with Crippen molar-refractivity contribution in [2.75, 3.05) is 0 Å². The molecule has 0 rings (SSSR count). The fraction of sp³-hybridized carbons (Fsp3) is 0.600. The monoisotopic (exact) mass is 101 g/mol. The van der Waals surface area contributed by atoms with Gasteiger partial charge < -0.3 is 4.74 Å². The highest BCUT2D eigenvalue weighted by Gasteiger charge is 1.93. The molecular formula is C5H9O2. The van der Waals surface area contributed by atoms with E-state index in [0.717, 1.165) is 0 Å². The van der Waals surface area contributed by atoms with Crippen molar-refractivity contribution in [1.82, 2.24) is 0 Å². The number of esters is 1. The van der Waals surface area contributed by atoms with Crippen LogP contribution in [0, 0.1) is 6.92 Å². The van der Waals surface area contributed by atoms with Crippen molar-refractivity contribution in [1.29, 1.82) is 0 Å². The van der Waals surface area contributed by atoms with Gasteiger partial charge in [-0.1, -0.05) is 0 Å². The zero-order valence-corrected chi connectivity index (χ0v) is 4.60. The molecule has 0 bridgehead atoms. The molecule has 0 aliphatic heterocycles. The van der Waals surface area contributed by atoms with E-state index < -0.39 is 0 Å². The van der Waals surface area contributed by atoms with E-state index in [1.807, 2.05) is 0 Å². The van der Waals surface area contributed by atoms with Crippen LogP contribution in [0.3, 0.4) is 0 Å². The van der Waals surface area contributed by atoms with Crippen LogP contribution < -0.4 is 0 Å². The Morgan fingerprint density at radius 3 is 2.29 bits per heavy atom. The van der Waals surface area contributed by atoms with Gasteiger partial charge in [0.25, 0.3) is 0 Å². The number of carbonyl (C=O) groups is 1. The lowest BCUT2D eigenvalue weighted by molar-refractivity contribution is -0.143. The third-order valence-electron chi connectivity index (χ3n) is 0.367. The smallest absolute Gasteiger partial charge is 0.302 e. The lowest BCUT2D eigenvalue weighted by Crippen LogP contribution is -2.06. The van der Waals surface area contributed by atoms with E-state index in [9.17, 15) is 4.79 Å². The molecule has 0 saturated heterocycles. The average Bonchev–Trinajstić information content (AvgIpc) is 1.27. The summed E-state index contributed by atoms with van der Waals surface area (Å²) in [6.45, 7) is 6.51. The van der Waals surface area contributed by atoms with Gasteiger partial charge in [0, 0.05) is 6.92 Å². The molecule has 0 aliphatic carbocycles. The lowest BCUT2D eigenvalue weighted by atomic mass is 10.5. The predicted molar refractivity (Wildman–Crippen MR) is 26.6 cm³/mol. The summed E-state index contributed by atoms with van der Waals surface area (Å²) in [6, 6.07) is 0. The first-order chi connectivity index (χ1) is 3.13. The fourth-order valence-electron chi connectivity index (χ4n) is 0.283. The van der Waals surface area contributed by atoms with Gasteiger partial charge in [0.1, 0.15) is 0 Å². The number of rotatable bonds is 1. The van der Waals surface area contributed by atoms with Gasteiger partial charge >= 0.3 is 5.97 Å². The van der Waals surface area contributed by atoms with E-state index >= 15 is 0 Å². The normalized spacial score (nSPS) is 9.14. The lowest BCUT2D eigenvalue weighted by Gasteiger charge is -2.01. The molecule has 0 unspecified atom stereocenters. The fourth-order valence-corrected chi connectivity index (χ4v) is 0.283. The van der Waals surface area contributed by atoms with Gasteiger partial charge in [-0.3, -0.25) is 4.79 Å². The van der Waals surface area contributed by atoms with Gasteiger partial charge in [-0.15, -0.1) is 0 Å². The third-order valence-corrected chi connectivity index (χ3v) is 0.367. The van der Waals surface area contributed by atoms with Crippen LogP contribution in [0.5, 0.6) is 0 Å². The Hall–Kier alpha value is -0.530. The second kappa shape index (κ2) is 2.61. The summed E-state index contributed by atoms with van der Waals surface area (Å²) in [5.41, 5.74) is 0. The van der Waals surface area contributed by atoms with Gasteiger partial charge in [0.15, 0.2) is 0 Å². The third kappa shape index (κ3) is 5.47. The van der Waals surface area contributed by atoms with Crippen LogP contribution in [0.4, 0.5) is 0 Å². The van der Waals surface area contributed by atoms with Gasteiger partial charge in [-0.25, -0.2) is 0 Å². The summed E-state index contributed by atoms with van der Waals surface area (Å²) in [5, 5.41) is 0. The molecule has 0 heterocycles. The van der Waals surface area contributed by atoms with Crippen LogP contribution >= 0.6 is 0 Å². The summed E-state index contributed by atoms with van der Waals surface area (Å²) in [5.74, 6) is -0.275. The summed E-state index contributed by atoms with van der Waals surface area (Å²) in [4.78, 5) is 9.99. The van der Waals surface area contributed by atoms with Crippen LogP contribution in [0.1, 0.15) is 13.8 Å². The Balaban J connectivity index is 3.13. The van der Waals surface area contributed by atoms with Crippen LogP contribution in [0.15, 0.2) is 0 Å². The Morgan fingerprint density at radius 1 is 1.86 bits per heavy atom. The molecule has 0 spiro atoms. The number of hydrogen-bond donors (Lipinski definition) is 0. The molecule has 1 atom stereocenters. The summed E-state index contributed by atoms with van der Waals surface area (Å²) >= 11 is 0. The van der Waals surface area contributed by atoms with Crippen molar-refractivity contribution >= 4 is 5.97 Å². The van der Waals surface area contributed by atoms with Crippen molar-refractivity contribution in [3.63, 3.8) is 0 Å². The van der Waals surface area contributed by atoms with Crippen molar-refractivity contribution in [2.24, 2.45) is 0 Å². The predicted octanol–water partition coefficient (Wildman–Crippen LogP) is 0.772. The van der Waals surface area contributed by atoms with Crippen LogP contribution in [0.2, 0.25) is 0 Å². The zero-order chi connectivity index (χ0) is 5.86. The quantitative estimate of drug-likeness (QED) is 0.456. The van der Waals surface area contributed by atoms with E-state index in [0.29, 0.717) is 0 Å². The van der Waals surface area contributed by atoms with E-state index in [1.54, 1.807) is 6.92 Å². The first-order valence-electron chi connectivity index (χ1n) is 2.13. The SMILES string of the molecule is [CH2][C@@H](C)OC(C)=O. The highest BCUT2D eigenvalue weighted by atomic mass is 16.5. The zero-order valence-electron chi connectivity index (χ0n) is 4.60. The Bertz CT molecular complexity index is 66.5. The Labute approximate surface area is 43.5 Å². The molecule has 7 heavy (non-hydrogen) atoms. The van der Waals surface area contributed by atoms with Crippen molar-refractivity contribution in [3.8, 4) is 0 Å². The average molecular weight is 101 g/mol. The van der Waals surface area contributed by atoms with Crippen molar-refractivity contribution < 1.29 is 9.53 Å². The molecule has 0 fully saturated rings.